The molecule has 0 radical (unpaired) electrons. The highest BCUT2D eigenvalue weighted by Crippen LogP contribution is 2.33. The van der Waals surface area contributed by atoms with Gasteiger partial charge in [0.2, 0.25) is 0 Å². The smallest absolute Gasteiger partial charge is 0.185 e. The van der Waals surface area contributed by atoms with Gasteiger partial charge in [0.05, 0.1) is 20.9 Å². The van der Waals surface area contributed by atoms with Gasteiger partial charge >= 0.3 is 0 Å². The Morgan fingerprint density at radius 1 is 1.17 bits per heavy atom. The fourth-order valence-electron chi connectivity index (χ4n) is 3.60. The Labute approximate surface area is 178 Å². The highest BCUT2D eigenvalue weighted by Gasteiger charge is 2.32. The molecule has 0 bridgehead atoms. The van der Waals surface area contributed by atoms with Crippen LogP contribution >= 0.6 is 22.9 Å². The summed E-state index contributed by atoms with van der Waals surface area (Å²) in [6.07, 6.45) is 0.993. The molecule has 3 aromatic rings. The fraction of sp³-hybridized carbons (Fsp3) is 0.286. The predicted molar refractivity (Wildman–Crippen MR) is 116 cm³/mol. The summed E-state index contributed by atoms with van der Waals surface area (Å²) in [6.45, 7) is 3.28. The third kappa shape index (κ3) is 4.04. The Balaban J connectivity index is 1.47. The van der Waals surface area contributed by atoms with Crippen LogP contribution in [-0.4, -0.2) is 31.7 Å². The van der Waals surface area contributed by atoms with Crippen LogP contribution in [0.4, 0.5) is 9.52 Å². The van der Waals surface area contributed by atoms with E-state index in [2.05, 4.69) is 24.0 Å². The summed E-state index contributed by atoms with van der Waals surface area (Å²) >= 11 is 7.35. The molecule has 1 aromatic heterocycles. The third-order valence-electron chi connectivity index (χ3n) is 5.28. The summed E-state index contributed by atoms with van der Waals surface area (Å²) in [7, 11) is -3.55. The lowest BCUT2D eigenvalue weighted by molar-refractivity contribution is 0.529. The SMILES string of the molecule is Cc1ccccc1-c1csc(N2CCC(S(=O)(=O)c3ccc(F)c(Cl)c3)CC2)n1. The quantitative estimate of drug-likeness (QED) is 0.502. The summed E-state index contributed by atoms with van der Waals surface area (Å²) in [5.41, 5.74) is 3.23. The zero-order chi connectivity index (χ0) is 20.6. The molecule has 4 rings (SSSR count). The van der Waals surface area contributed by atoms with Crippen LogP contribution in [-0.2, 0) is 9.84 Å². The van der Waals surface area contributed by atoms with Crippen LogP contribution in [0.5, 0.6) is 0 Å². The molecule has 8 heteroatoms. The zero-order valence-electron chi connectivity index (χ0n) is 15.8. The van der Waals surface area contributed by atoms with Crippen LogP contribution in [0, 0.1) is 12.7 Å². The first-order chi connectivity index (χ1) is 13.9. The number of piperidine rings is 1. The Hall–Kier alpha value is -1.96. The van der Waals surface area contributed by atoms with Crippen LogP contribution < -0.4 is 4.90 Å². The second-order valence-corrected chi connectivity index (χ2v) is 10.6. The summed E-state index contributed by atoms with van der Waals surface area (Å²) < 4.78 is 39.2. The molecule has 0 unspecified atom stereocenters. The number of rotatable bonds is 4. The number of anilines is 1. The summed E-state index contributed by atoms with van der Waals surface area (Å²) in [6, 6.07) is 11.7. The van der Waals surface area contributed by atoms with Gasteiger partial charge in [-0.05, 0) is 43.5 Å². The number of sulfone groups is 1. The molecule has 0 amide bonds. The van der Waals surface area contributed by atoms with Gasteiger partial charge in [0.25, 0.3) is 0 Å². The molecule has 0 spiro atoms. The molecule has 4 nitrogen and oxygen atoms in total. The second-order valence-electron chi connectivity index (χ2n) is 7.14. The van der Waals surface area contributed by atoms with E-state index >= 15 is 0 Å². The first-order valence-electron chi connectivity index (χ1n) is 9.31. The molecule has 2 heterocycles. The Morgan fingerprint density at radius 3 is 2.59 bits per heavy atom. The van der Waals surface area contributed by atoms with Gasteiger partial charge in [-0.1, -0.05) is 35.9 Å². The van der Waals surface area contributed by atoms with Crippen molar-refractivity contribution in [2.24, 2.45) is 0 Å². The summed E-state index contributed by atoms with van der Waals surface area (Å²) in [5, 5.41) is 2.27. The third-order valence-corrected chi connectivity index (χ3v) is 8.74. The number of hydrogen-bond donors (Lipinski definition) is 0. The normalized spacial score (nSPS) is 15.6. The van der Waals surface area contributed by atoms with Crippen molar-refractivity contribution in [1.82, 2.24) is 4.98 Å². The predicted octanol–water partition coefficient (Wildman–Crippen LogP) is 5.35. The van der Waals surface area contributed by atoms with Crippen LogP contribution in [0.2, 0.25) is 5.02 Å². The lowest BCUT2D eigenvalue weighted by atomic mass is 10.1. The Morgan fingerprint density at radius 2 is 1.90 bits per heavy atom. The minimum absolute atomic E-state index is 0.0819. The number of hydrogen-bond acceptors (Lipinski definition) is 5. The van der Waals surface area contributed by atoms with Crippen molar-refractivity contribution in [3.8, 4) is 11.3 Å². The van der Waals surface area contributed by atoms with Crippen molar-refractivity contribution in [2.45, 2.75) is 29.9 Å². The molecule has 29 heavy (non-hydrogen) atoms. The zero-order valence-corrected chi connectivity index (χ0v) is 18.2. The molecule has 0 N–H and O–H groups in total. The molecule has 2 aromatic carbocycles. The monoisotopic (exact) mass is 450 g/mol. The summed E-state index contributed by atoms with van der Waals surface area (Å²) in [4.78, 5) is 6.98. The largest absolute Gasteiger partial charge is 0.348 e. The number of nitrogens with zero attached hydrogens (tertiary/aromatic N) is 2. The van der Waals surface area contributed by atoms with E-state index in [9.17, 15) is 12.8 Å². The molecule has 1 aliphatic rings. The number of benzene rings is 2. The van der Waals surface area contributed by atoms with Gasteiger partial charge in [-0.2, -0.15) is 0 Å². The molecule has 0 saturated carbocycles. The van der Waals surface area contributed by atoms with E-state index in [4.69, 9.17) is 16.6 Å². The van der Waals surface area contributed by atoms with E-state index in [0.717, 1.165) is 22.5 Å². The Bertz CT molecular complexity index is 1140. The minimum atomic E-state index is -3.55. The van der Waals surface area contributed by atoms with E-state index in [1.54, 1.807) is 11.3 Å². The molecule has 1 fully saturated rings. The van der Waals surface area contributed by atoms with E-state index in [0.29, 0.717) is 25.9 Å². The number of aromatic nitrogens is 1. The van der Waals surface area contributed by atoms with Gasteiger partial charge in [-0.15, -0.1) is 11.3 Å². The topological polar surface area (TPSA) is 50.3 Å². The van der Waals surface area contributed by atoms with Crippen molar-refractivity contribution in [3.05, 3.63) is 64.2 Å². The van der Waals surface area contributed by atoms with E-state index in [1.807, 2.05) is 17.5 Å². The van der Waals surface area contributed by atoms with Gasteiger partial charge in [0, 0.05) is 24.0 Å². The van der Waals surface area contributed by atoms with Crippen LogP contribution in [0.15, 0.2) is 52.7 Å². The number of halogens is 2. The molecular weight excluding hydrogens is 431 g/mol. The van der Waals surface area contributed by atoms with Crippen LogP contribution in [0.3, 0.4) is 0 Å². The molecule has 0 atom stereocenters. The maximum absolute atomic E-state index is 13.4. The van der Waals surface area contributed by atoms with Crippen molar-refractivity contribution in [2.75, 3.05) is 18.0 Å². The molecule has 1 aliphatic heterocycles. The van der Waals surface area contributed by atoms with E-state index < -0.39 is 20.9 Å². The van der Waals surface area contributed by atoms with Gasteiger partial charge in [0.15, 0.2) is 15.0 Å². The standard InChI is InChI=1S/C21H20ClFN2O2S2/c1-14-4-2-3-5-17(14)20-13-28-21(24-20)25-10-8-15(9-11-25)29(26,27)16-6-7-19(23)18(22)12-16/h2-7,12-13,15H,8-11H2,1H3. The lowest BCUT2D eigenvalue weighted by Crippen LogP contribution is -2.39. The first-order valence-corrected chi connectivity index (χ1v) is 12.1. The van der Waals surface area contributed by atoms with Gasteiger partial charge in [0.1, 0.15) is 5.82 Å². The van der Waals surface area contributed by atoms with Crippen molar-refractivity contribution in [3.63, 3.8) is 0 Å². The maximum atomic E-state index is 13.4. The van der Waals surface area contributed by atoms with Crippen LogP contribution in [0.25, 0.3) is 11.3 Å². The van der Waals surface area contributed by atoms with Crippen molar-refractivity contribution >= 4 is 37.9 Å². The van der Waals surface area contributed by atoms with E-state index in [-0.39, 0.29) is 9.92 Å². The number of thiazole rings is 1. The summed E-state index contributed by atoms with van der Waals surface area (Å²) in [5.74, 6) is -0.617. The van der Waals surface area contributed by atoms with Crippen molar-refractivity contribution < 1.29 is 12.8 Å². The first kappa shape index (κ1) is 20.3. The molecule has 0 aliphatic carbocycles. The highest BCUT2D eigenvalue weighted by molar-refractivity contribution is 7.92. The van der Waals surface area contributed by atoms with Crippen LogP contribution in [0.1, 0.15) is 18.4 Å². The molecule has 1 saturated heterocycles. The minimum Gasteiger partial charge on any atom is -0.348 e. The average molecular weight is 451 g/mol. The van der Waals surface area contributed by atoms with E-state index in [1.165, 1.54) is 17.7 Å². The second kappa shape index (κ2) is 8.05. The van der Waals surface area contributed by atoms with Gasteiger partial charge in [-0.25, -0.2) is 17.8 Å². The van der Waals surface area contributed by atoms with Crippen molar-refractivity contribution in [1.29, 1.82) is 0 Å². The molecular formula is C21H20ClFN2O2S2. The fourth-order valence-corrected chi connectivity index (χ4v) is 6.48. The average Bonchev–Trinajstić information content (AvgIpc) is 3.20. The lowest BCUT2D eigenvalue weighted by Gasteiger charge is -2.31. The Kier molecular flexibility index (Phi) is 5.64. The maximum Gasteiger partial charge on any atom is 0.185 e. The highest BCUT2D eigenvalue weighted by atomic mass is 35.5. The van der Waals surface area contributed by atoms with Gasteiger partial charge < -0.3 is 4.90 Å². The number of aryl methyl sites for hydroxylation is 1. The van der Waals surface area contributed by atoms with Gasteiger partial charge in [-0.3, -0.25) is 0 Å². The molecule has 152 valence electrons.